The second-order valence-corrected chi connectivity index (χ2v) is 4.16. The van der Waals surface area contributed by atoms with Crippen LogP contribution in [0.5, 0.6) is 11.5 Å². The Bertz CT molecular complexity index is 748. The molecule has 7 heteroatoms. The average molecular weight is 264 g/mol. The van der Waals surface area contributed by atoms with Crippen LogP contribution in [-0.2, 0) is 6.54 Å². The first-order chi connectivity index (χ1) is 8.88. The number of aryl methyl sites for hydroxylation is 2. The molecule has 0 aliphatic rings. The summed E-state index contributed by atoms with van der Waals surface area (Å²) in [4.78, 5) is 21.9. The molecule has 1 aromatic carbocycles. The van der Waals surface area contributed by atoms with Gasteiger partial charge in [-0.3, -0.25) is 14.9 Å². The van der Waals surface area contributed by atoms with Gasteiger partial charge < -0.3 is 14.8 Å². The molecule has 0 fully saturated rings. The van der Waals surface area contributed by atoms with Crippen LogP contribution >= 0.6 is 0 Å². The van der Waals surface area contributed by atoms with Gasteiger partial charge >= 0.3 is 11.2 Å². The van der Waals surface area contributed by atoms with Gasteiger partial charge in [-0.15, -0.1) is 0 Å². The highest BCUT2D eigenvalue weighted by molar-refractivity contribution is 5.90. The van der Waals surface area contributed by atoms with Gasteiger partial charge in [0.05, 0.1) is 10.4 Å². The monoisotopic (exact) mass is 264 g/mol. The highest BCUT2D eigenvalue weighted by Gasteiger charge is 2.25. The molecule has 2 N–H and O–H groups in total. The zero-order valence-corrected chi connectivity index (χ0v) is 10.4. The fourth-order valence-corrected chi connectivity index (χ4v) is 2.04. The zero-order chi connectivity index (χ0) is 14.3. The van der Waals surface area contributed by atoms with Gasteiger partial charge in [-0.25, -0.2) is 0 Å². The van der Waals surface area contributed by atoms with E-state index < -0.39 is 21.9 Å². The Morgan fingerprint density at radius 3 is 2.53 bits per heavy atom. The molecule has 0 spiro atoms. The van der Waals surface area contributed by atoms with Crippen LogP contribution in [0.15, 0.2) is 16.9 Å². The van der Waals surface area contributed by atoms with Crippen molar-refractivity contribution < 1.29 is 15.1 Å². The molecule has 1 heterocycles. The van der Waals surface area contributed by atoms with Crippen molar-refractivity contribution in [3.8, 4) is 11.5 Å². The van der Waals surface area contributed by atoms with Crippen molar-refractivity contribution in [2.75, 3.05) is 0 Å². The van der Waals surface area contributed by atoms with E-state index in [1.165, 1.54) is 12.1 Å². The Balaban J connectivity index is 3.09. The summed E-state index contributed by atoms with van der Waals surface area (Å²) < 4.78 is 1.15. The number of hydrogen-bond acceptors (Lipinski definition) is 5. The van der Waals surface area contributed by atoms with E-state index in [-0.39, 0.29) is 23.2 Å². The number of nitro groups is 1. The highest BCUT2D eigenvalue weighted by Crippen LogP contribution is 2.34. The first-order valence-electron chi connectivity index (χ1n) is 5.62. The minimum atomic E-state index is -0.897. The second kappa shape index (κ2) is 4.27. The number of pyridine rings is 1. The zero-order valence-electron chi connectivity index (χ0n) is 10.4. The maximum absolute atomic E-state index is 12.0. The van der Waals surface area contributed by atoms with E-state index in [0.29, 0.717) is 5.56 Å². The van der Waals surface area contributed by atoms with E-state index in [9.17, 15) is 25.1 Å². The second-order valence-electron chi connectivity index (χ2n) is 4.16. The number of rotatable bonds is 2. The fourth-order valence-electron chi connectivity index (χ4n) is 2.04. The molecule has 0 aliphatic carbocycles. The van der Waals surface area contributed by atoms with Crippen LogP contribution in [0.3, 0.4) is 0 Å². The highest BCUT2D eigenvalue weighted by atomic mass is 16.6. The van der Waals surface area contributed by atoms with Crippen molar-refractivity contribution in [3.05, 3.63) is 38.2 Å². The Labute approximate surface area is 107 Å². The van der Waals surface area contributed by atoms with E-state index in [0.717, 1.165) is 4.57 Å². The van der Waals surface area contributed by atoms with Crippen LogP contribution < -0.4 is 5.56 Å². The molecule has 0 amide bonds. The summed E-state index contributed by atoms with van der Waals surface area (Å²) in [6.07, 6.45) is 0. The Kier molecular flexibility index (Phi) is 2.89. The van der Waals surface area contributed by atoms with Gasteiger partial charge in [0, 0.05) is 18.0 Å². The molecule has 0 bridgehead atoms. The van der Waals surface area contributed by atoms with Crippen LogP contribution in [0.2, 0.25) is 0 Å². The quantitative estimate of drug-likeness (QED) is 0.633. The van der Waals surface area contributed by atoms with Gasteiger partial charge in [0.25, 0.3) is 0 Å². The molecule has 0 atom stereocenters. The molecule has 0 radical (unpaired) electrons. The van der Waals surface area contributed by atoms with Crippen LogP contribution in [0, 0.1) is 17.0 Å². The molecular formula is C12H12N2O5. The topological polar surface area (TPSA) is 106 Å². The average Bonchev–Trinajstić information content (AvgIpc) is 2.32. The third-order valence-electron chi connectivity index (χ3n) is 3.03. The fraction of sp³-hybridized carbons (Fsp3) is 0.250. The standard InChI is InChI=1S/C12H12N2O5/c1-3-13-8-5-9(15)6(2)4-7(8)11(16)10(12(13)17)14(18)19/h4-5,15-16H,3H2,1-2H3. The van der Waals surface area contributed by atoms with Crippen molar-refractivity contribution in [2.45, 2.75) is 20.4 Å². The van der Waals surface area contributed by atoms with Crippen molar-refractivity contribution in [2.24, 2.45) is 0 Å². The maximum Gasteiger partial charge on any atom is 0.375 e. The molecule has 7 nitrogen and oxygen atoms in total. The summed E-state index contributed by atoms with van der Waals surface area (Å²) in [6, 6.07) is 2.73. The lowest BCUT2D eigenvalue weighted by molar-refractivity contribution is -0.387. The lowest BCUT2D eigenvalue weighted by atomic mass is 10.1. The summed E-state index contributed by atoms with van der Waals surface area (Å²) >= 11 is 0. The first kappa shape index (κ1) is 12.9. The lowest BCUT2D eigenvalue weighted by Crippen LogP contribution is -2.22. The smallest absolute Gasteiger partial charge is 0.375 e. The SMILES string of the molecule is CCn1c(=O)c([N+](=O)[O-])c(O)c2cc(C)c(O)cc21. The largest absolute Gasteiger partial charge is 0.508 e. The van der Waals surface area contributed by atoms with Crippen LogP contribution in [-0.4, -0.2) is 19.7 Å². The summed E-state index contributed by atoms with van der Waals surface area (Å²) in [7, 11) is 0. The molecule has 2 aromatic rings. The van der Waals surface area contributed by atoms with Gasteiger partial charge in [-0.1, -0.05) is 0 Å². The van der Waals surface area contributed by atoms with Crippen molar-refractivity contribution in [1.82, 2.24) is 4.57 Å². The van der Waals surface area contributed by atoms with Crippen LogP contribution in [0.4, 0.5) is 5.69 Å². The normalized spacial score (nSPS) is 10.8. The molecular weight excluding hydrogens is 252 g/mol. The van der Waals surface area contributed by atoms with Crippen molar-refractivity contribution >= 4 is 16.6 Å². The van der Waals surface area contributed by atoms with Crippen LogP contribution in [0.25, 0.3) is 10.9 Å². The predicted octanol–water partition coefficient (Wildman–Crippen LogP) is 1.65. The van der Waals surface area contributed by atoms with Gasteiger partial charge in [-0.05, 0) is 25.5 Å². The number of nitrogens with zero attached hydrogens (tertiary/aromatic N) is 2. The molecule has 0 saturated heterocycles. The number of aromatic nitrogens is 1. The number of phenolic OH excluding ortho intramolecular Hbond substituents is 1. The summed E-state index contributed by atoms with van der Waals surface area (Å²) in [6.45, 7) is 3.44. The van der Waals surface area contributed by atoms with E-state index >= 15 is 0 Å². The summed E-state index contributed by atoms with van der Waals surface area (Å²) in [5, 5.41) is 30.6. The van der Waals surface area contributed by atoms with Gasteiger partial charge in [0.1, 0.15) is 5.75 Å². The summed E-state index contributed by atoms with van der Waals surface area (Å²) in [5.41, 5.74) is -1.02. The predicted molar refractivity (Wildman–Crippen MR) is 68.6 cm³/mol. The van der Waals surface area contributed by atoms with Crippen molar-refractivity contribution in [3.63, 3.8) is 0 Å². The summed E-state index contributed by atoms with van der Waals surface area (Å²) in [5.74, 6) is -0.708. The van der Waals surface area contributed by atoms with Gasteiger partial charge in [0.2, 0.25) is 5.75 Å². The van der Waals surface area contributed by atoms with E-state index in [4.69, 9.17) is 0 Å². The number of aromatic hydroxyl groups is 2. The first-order valence-corrected chi connectivity index (χ1v) is 5.62. The number of phenols is 1. The molecule has 0 saturated carbocycles. The Hall–Kier alpha value is -2.57. The number of benzene rings is 1. The van der Waals surface area contributed by atoms with Gasteiger partial charge in [-0.2, -0.15) is 0 Å². The third-order valence-corrected chi connectivity index (χ3v) is 3.03. The van der Waals surface area contributed by atoms with E-state index in [1.807, 2.05) is 0 Å². The molecule has 0 unspecified atom stereocenters. The van der Waals surface area contributed by atoms with Crippen molar-refractivity contribution in [1.29, 1.82) is 0 Å². The molecule has 19 heavy (non-hydrogen) atoms. The minimum Gasteiger partial charge on any atom is -0.508 e. The molecule has 2 rings (SSSR count). The maximum atomic E-state index is 12.0. The number of hydrogen-bond donors (Lipinski definition) is 2. The van der Waals surface area contributed by atoms with Gasteiger partial charge in [0.15, 0.2) is 0 Å². The third kappa shape index (κ3) is 1.79. The molecule has 100 valence electrons. The van der Waals surface area contributed by atoms with Crippen LogP contribution in [0.1, 0.15) is 12.5 Å². The van der Waals surface area contributed by atoms with E-state index in [2.05, 4.69) is 0 Å². The molecule has 1 aromatic heterocycles. The number of fused-ring (bicyclic) bond motifs is 1. The Morgan fingerprint density at radius 1 is 1.37 bits per heavy atom. The van der Waals surface area contributed by atoms with E-state index in [1.54, 1.807) is 13.8 Å². The molecule has 0 aliphatic heterocycles. The Morgan fingerprint density at radius 2 is 2.00 bits per heavy atom. The lowest BCUT2D eigenvalue weighted by Gasteiger charge is -2.11. The minimum absolute atomic E-state index is 0.0395.